The molecule has 0 N–H and O–H groups in total. The molecule has 156 valence electrons. The second kappa shape index (κ2) is 8.95. The number of anilines is 1. The van der Waals surface area contributed by atoms with Crippen LogP contribution in [-0.2, 0) is 9.59 Å². The SMILES string of the molecule is C=CCN(C(=O)c1cccc(OC)c1)C1CC(=O)N(c2ccc(C(C)C)cc2)C1=O. The molecule has 0 spiro atoms. The van der Waals surface area contributed by atoms with Gasteiger partial charge >= 0.3 is 0 Å². The van der Waals surface area contributed by atoms with Gasteiger partial charge in [0.25, 0.3) is 11.8 Å². The number of nitrogens with zero attached hydrogens (tertiary/aromatic N) is 2. The first-order valence-corrected chi connectivity index (χ1v) is 9.90. The predicted octanol–water partition coefficient (Wildman–Crippen LogP) is 3.78. The van der Waals surface area contributed by atoms with Crippen molar-refractivity contribution in [2.75, 3.05) is 18.6 Å². The van der Waals surface area contributed by atoms with Gasteiger partial charge in [-0.25, -0.2) is 4.90 Å². The van der Waals surface area contributed by atoms with Crippen LogP contribution in [0.15, 0.2) is 61.2 Å². The molecular formula is C24H26N2O4. The van der Waals surface area contributed by atoms with E-state index >= 15 is 0 Å². The Kier molecular flexibility index (Phi) is 6.35. The normalized spacial score (nSPS) is 16.1. The van der Waals surface area contributed by atoms with E-state index in [1.54, 1.807) is 42.5 Å². The van der Waals surface area contributed by atoms with Crippen LogP contribution >= 0.6 is 0 Å². The van der Waals surface area contributed by atoms with Gasteiger partial charge in [0, 0.05) is 12.1 Å². The van der Waals surface area contributed by atoms with Gasteiger partial charge in [0.1, 0.15) is 11.8 Å². The number of carbonyl (C=O) groups excluding carboxylic acids is 3. The Bertz CT molecular complexity index is 965. The van der Waals surface area contributed by atoms with Crippen molar-refractivity contribution in [1.29, 1.82) is 0 Å². The molecule has 6 nitrogen and oxygen atoms in total. The summed E-state index contributed by atoms with van der Waals surface area (Å²) in [6.45, 7) is 8.01. The maximum atomic E-state index is 13.2. The first-order valence-electron chi connectivity index (χ1n) is 9.90. The first-order chi connectivity index (χ1) is 14.4. The molecule has 1 aliphatic heterocycles. The van der Waals surface area contributed by atoms with E-state index in [0.717, 1.165) is 5.56 Å². The zero-order chi connectivity index (χ0) is 21.8. The van der Waals surface area contributed by atoms with Crippen molar-refractivity contribution in [2.45, 2.75) is 32.2 Å². The summed E-state index contributed by atoms with van der Waals surface area (Å²) in [5, 5.41) is 0. The topological polar surface area (TPSA) is 66.9 Å². The third-order valence-corrected chi connectivity index (χ3v) is 5.22. The summed E-state index contributed by atoms with van der Waals surface area (Å²) in [5.74, 6) is -0.192. The molecule has 30 heavy (non-hydrogen) atoms. The fourth-order valence-corrected chi connectivity index (χ4v) is 3.55. The van der Waals surface area contributed by atoms with Gasteiger partial charge in [-0.2, -0.15) is 0 Å². The molecule has 0 aromatic heterocycles. The van der Waals surface area contributed by atoms with Gasteiger partial charge in [0.2, 0.25) is 5.91 Å². The Morgan fingerprint density at radius 3 is 2.53 bits per heavy atom. The minimum Gasteiger partial charge on any atom is -0.497 e. The minimum absolute atomic E-state index is 0.0612. The van der Waals surface area contributed by atoms with Crippen molar-refractivity contribution in [3.63, 3.8) is 0 Å². The van der Waals surface area contributed by atoms with E-state index in [2.05, 4.69) is 20.4 Å². The molecule has 2 aromatic rings. The number of benzene rings is 2. The highest BCUT2D eigenvalue weighted by Crippen LogP contribution is 2.28. The van der Waals surface area contributed by atoms with Crippen LogP contribution in [0.25, 0.3) is 0 Å². The molecule has 1 saturated heterocycles. The lowest BCUT2D eigenvalue weighted by Crippen LogP contribution is -2.45. The molecule has 1 aliphatic rings. The average Bonchev–Trinajstić information content (AvgIpc) is 3.05. The molecule has 3 rings (SSSR count). The van der Waals surface area contributed by atoms with Crippen LogP contribution in [0, 0.1) is 0 Å². The molecule has 1 fully saturated rings. The Hall–Kier alpha value is -3.41. The van der Waals surface area contributed by atoms with Crippen molar-refractivity contribution >= 4 is 23.4 Å². The van der Waals surface area contributed by atoms with E-state index in [4.69, 9.17) is 4.74 Å². The zero-order valence-electron chi connectivity index (χ0n) is 17.5. The average molecular weight is 406 g/mol. The van der Waals surface area contributed by atoms with Crippen molar-refractivity contribution in [3.05, 3.63) is 72.3 Å². The first kappa shape index (κ1) is 21.3. The Morgan fingerprint density at radius 1 is 1.23 bits per heavy atom. The van der Waals surface area contributed by atoms with Crippen molar-refractivity contribution < 1.29 is 19.1 Å². The third kappa shape index (κ3) is 4.13. The number of rotatable bonds is 7. The summed E-state index contributed by atoms with van der Waals surface area (Å²) in [6, 6.07) is 13.2. The molecule has 1 unspecified atom stereocenters. The Morgan fingerprint density at radius 2 is 1.93 bits per heavy atom. The highest BCUT2D eigenvalue weighted by Gasteiger charge is 2.44. The van der Waals surface area contributed by atoms with Gasteiger partial charge in [-0.1, -0.05) is 38.1 Å². The molecule has 2 aromatic carbocycles. The van der Waals surface area contributed by atoms with Crippen molar-refractivity contribution in [1.82, 2.24) is 4.90 Å². The summed E-state index contributed by atoms with van der Waals surface area (Å²) in [5.41, 5.74) is 2.02. The second-order valence-electron chi connectivity index (χ2n) is 7.51. The van der Waals surface area contributed by atoms with Crippen LogP contribution in [0.3, 0.4) is 0 Å². The molecule has 1 heterocycles. The number of carbonyl (C=O) groups is 3. The van der Waals surface area contributed by atoms with Crippen molar-refractivity contribution in [2.24, 2.45) is 0 Å². The van der Waals surface area contributed by atoms with Gasteiger partial charge in [0.05, 0.1) is 19.2 Å². The summed E-state index contributed by atoms with van der Waals surface area (Å²) in [7, 11) is 1.52. The number of hydrogen-bond acceptors (Lipinski definition) is 4. The molecule has 6 heteroatoms. The van der Waals surface area contributed by atoms with Crippen LogP contribution in [0.5, 0.6) is 5.75 Å². The van der Waals surface area contributed by atoms with E-state index in [-0.39, 0.29) is 24.8 Å². The lowest BCUT2D eigenvalue weighted by molar-refractivity contribution is -0.122. The highest BCUT2D eigenvalue weighted by atomic mass is 16.5. The van der Waals surface area contributed by atoms with E-state index in [1.807, 2.05) is 12.1 Å². The number of methoxy groups -OCH3 is 1. The van der Waals surface area contributed by atoms with Gasteiger partial charge in [0.15, 0.2) is 0 Å². The third-order valence-electron chi connectivity index (χ3n) is 5.22. The van der Waals surface area contributed by atoms with Gasteiger partial charge in [-0.3, -0.25) is 14.4 Å². The van der Waals surface area contributed by atoms with Crippen LogP contribution in [-0.4, -0.2) is 42.3 Å². The smallest absolute Gasteiger partial charge is 0.257 e. The quantitative estimate of drug-likeness (QED) is 0.518. The maximum absolute atomic E-state index is 13.2. The molecule has 0 bridgehead atoms. The molecule has 0 saturated carbocycles. The molecule has 3 amide bonds. The number of imide groups is 1. The van der Waals surface area contributed by atoms with Gasteiger partial charge in [-0.05, 0) is 41.8 Å². The maximum Gasteiger partial charge on any atom is 0.257 e. The standard InChI is InChI=1S/C24H26N2O4/c1-5-13-25(23(28)18-7-6-8-20(14-18)30-4)21-15-22(27)26(24(21)29)19-11-9-17(10-12-19)16(2)3/h5-12,14,16,21H,1,13,15H2,2-4H3. The molecule has 1 atom stereocenters. The summed E-state index contributed by atoms with van der Waals surface area (Å²) in [6.07, 6.45) is 1.49. The number of amides is 3. The van der Waals surface area contributed by atoms with Crippen molar-refractivity contribution in [3.8, 4) is 5.75 Å². The second-order valence-corrected chi connectivity index (χ2v) is 7.51. The van der Waals surface area contributed by atoms with Gasteiger partial charge < -0.3 is 9.64 Å². The fraction of sp³-hybridized carbons (Fsp3) is 0.292. The van der Waals surface area contributed by atoms with Crippen LogP contribution < -0.4 is 9.64 Å². The van der Waals surface area contributed by atoms with Crippen LogP contribution in [0.2, 0.25) is 0 Å². The predicted molar refractivity (Wildman–Crippen MR) is 116 cm³/mol. The van der Waals surface area contributed by atoms with Crippen LogP contribution in [0.4, 0.5) is 5.69 Å². The Balaban J connectivity index is 1.88. The molecule has 0 radical (unpaired) electrons. The lowest BCUT2D eigenvalue weighted by Gasteiger charge is -2.26. The summed E-state index contributed by atoms with van der Waals surface area (Å²) >= 11 is 0. The molecule has 0 aliphatic carbocycles. The summed E-state index contributed by atoms with van der Waals surface area (Å²) in [4.78, 5) is 41.6. The van der Waals surface area contributed by atoms with E-state index < -0.39 is 11.9 Å². The Labute approximate surface area is 176 Å². The monoisotopic (exact) mass is 406 g/mol. The van der Waals surface area contributed by atoms with E-state index in [0.29, 0.717) is 22.9 Å². The number of hydrogen-bond donors (Lipinski definition) is 0. The van der Waals surface area contributed by atoms with Crippen LogP contribution in [0.1, 0.15) is 42.1 Å². The largest absolute Gasteiger partial charge is 0.497 e. The highest BCUT2D eigenvalue weighted by molar-refractivity contribution is 6.23. The fourth-order valence-electron chi connectivity index (χ4n) is 3.55. The molecular weight excluding hydrogens is 380 g/mol. The number of ether oxygens (including phenoxy) is 1. The summed E-state index contributed by atoms with van der Waals surface area (Å²) < 4.78 is 5.19. The minimum atomic E-state index is -0.876. The van der Waals surface area contributed by atoms with E-state index in [9.17, 15) is 14.4 Å². The zero-order valence-corrected chi connectivity index (χ0v) is 17.5. The van der Waals surface area contributed by atoms with Gasteiger partial charge in [-0.15, -0.1) is 6.58 Å². The lowest BCUT2D eigenvalue weighted by atomic mass is 10.0. The van der Waals surface area contributed by atoms with E-state index in [1.165, 1.54) is 16.9 Å².